The van der Waals surface area contributed by atoms with Gasteiger partial charge in [0.15, 0.2) is 0 Å². The molecule has 0 aliphatic carbocycles. The first-order valence-corrected chi connectivity index (χ1v) is 11.0. The standard InChI is InChI=1S/C27H27N3O2/c1-18-19(2)30(16-20-8-10-22(11-9-20)27(31)32-3)26-24(18)14-28-15-25(26)29-13-12-21-6-4-5-7-23(21)17-29/h4-11,14-15H,12-13,16-17H2,1-3H3. The first-order chi connectivity index (χ1) is 15.6. The van der Waals surface area contributed by atoms with Crippen LogP contribution in [-0.2, 0) is 24.2 Å². The Labute approximate surface area is 188 Å². The smallest absolute Gasteiger partial charge is 0.337 e. The number of aryl methyl sites for hydroxylation is 1. The van der Waals surface area contributed by atoms with Gasteiger partial charge >= 0.3 is 5.97 Å². The van der Waals surface area contributed by atoms with Crippen molar-refractivity contribution in [3.8, 4) is 0 Å². The molecule has 2 aromatic carbocycles. The lowest BCUT2D eigenvalue weighted by molar-refractivity contribution is 0.0600. The van der Waals surface area contributed by atoms with Crippen LogP contribution in [0.2, 0.25) is 0 Å². The van der Waals surface area contributed by atoms with Gasteiger partial charge in [-0.05, 0) is 54.7 Å². The van der Waals surface area contributed by atoms with Crippen molar-refractivity contribution in [1.29, 1.82) is 0 Å². The van der Waals surface area contributed by atoms with E-state index in [4.69, 9.17) is 4.74 Å². The average Bonchev–Trinajstić information content (AvgIpc) is 3.08. The Morgan fingerprint density at radius 3 is 2.53 bits per heavy atom. The average molecular weight is 426 g/mol. The number of anilines is 1. The summed E-state index contributed by atoms with van der Waals surface area (Å²) in [4.78, 5) is 18.8. The summed E-state index contributed by atoms with van der Waals surface area (Å²) < 4.78 is 7.21. The summed E-state index contributed by atoms with van der Waals surface area (Å²) in [6.45, 7) is 6.96. The maximum atomic E-state index is 11.8. The topological polar surface area (TPSA) is 47.4 Å². The number of carbonyl (C=O) groups excluding carboxylic acids is 1. The highest BCUT2D eigenvalue weighted by atomic mass is 16.5. The summed E-state index contributed by atoms with van der Waals surface area (Å²) in [5.41, 5.74) is 9.45. The molecule has 32 heavy (non-hydrogen) atoms. The molecule has 0 fully saturated rings. The van der Waals surface area contributed by atoms with Crippen molar-refractivity contribution in [2.45, 2.75) is 33.4 Å². The largest absolute Gasteiger partial charge is 0.465 e. The molecule has 0 N–H and O–H groups in total. The van der Waals surface area contributed by atoms with Gasteiger partial charge in [0, 0.05) is 36.9 Å². The highest BCUT2D eigenvalue weighted by Gasteiger charge is 2.22. The van der Waals surface area contributed by atoms with Gasteiger partial charge in [0.1, 0.15) is 0 Å². The molecule has 0 saturated carbocycles. The van der Waals surface area contributed by atoms with E-state index in [2.05, 4.69) is 52.6 Å². The zero-order chi connectivity index (χ0) is 22.2. The van der Waals surface area contributed by atoms with Gasteiger partial charge in [0.25, 0.3) is 0 Å². The third kappa shape index (κ3) is 3.44. The van der Waals surface area contributed by atoms with Gasteiger partial charge in [-0.3, -0.25) is 4.98 Å². The van der Waals surface area contributed by atoms with Crippen LogP contribution in [0.25, 0.3) is 10.9 Å². The van der Waals surface area contributed by atoms with Crippen LogP contribution in [0, 0.1) is 13.8 Å². The maximum absolute atomic E-state index is 11.8. The predicted octanol–water partition coefficient (Wildman–Crippen LogP) is 5.05. The fourth-order valence-electron chi connectivity index (χ4n) is 4.74. The summed E-state index contributed by atoms with van der Waals surface area (Å²) in [6.07, 6.45) is 5.03. The minimum Gasteiger partial charge on any atom is -0.465 e. The van der Waals surface area contributed by atoms with Gasteiger partial charge in [-0.25, -0.2) is 4.79 Å². The number of benzene rings is 2. The summed E-state index contributed by atoms with van der Waals surface area (Å²) >= 11 is 0. The molecule has 1 aliphatic heterocycles. The molecule has 5 heteroatoms. The third-order valence-electron chi connectivity index (χ3n) is 6.71. The first-order valence-electron chi connectivity index (χ1n) is 11.0. The fourth-order valence-corrected chi connectivity index (χ4v) is 4.74. The van der Waals surface area contributed by atoms with Crippen molar-refractivity contribution in [3.63, 3.8) is 0 Å². The van der Waals surface area contributed by atoms with E-state index in [0.29, 0.717) is 5.56 Å². The van der Waals surface area contributed by atoms with Crippen LogP contribution in [0.3, 0.4) is 0 Å². The van der Waals surface area contributed by atoms with Gasteiger partial charge in [0.2, 0.25) is 0 Å². The van der Waals surface area contributed by atoms with E-state index < -0.39 is 0 Å². The number of fused-ring (bicyclic) bond motifs is 2. The van der Waals surface area contributed by atoms with Crippen LogP contribution in [0.4, 0.5) is 5.69 Å². The molecule has 0 saturated heterocycles. The molecule has 0 amide bonds. The number of pyridine rings is 1. The molecular formula is C27H27N3O2. The number of aromatic nitrogens is 2. The molecule has 3 heterocycles. The molecule has 1 aliphatic rings. The highest BCUT2D eigenvalue weighted by Crippen LogP contribution is 2.35. The Balaban J connectivity index is 1.55. The molecule has 5 nitrogen and oxygen atoms in total. The van der Waals surface area contributed by atoms with Crippen molar-refractivity contribution >= 4 is 22.6 Å². The highest BCUT2D eigenvalue weighted by molar-refractivity contribution is 5.94. The van der Waals surface area contributed by atoms with Crippen LogP contribution < -0.4 is 4.90 Å². The summed E-state index contributed by atoms with van der Waals surface area (Å²) in [5.74, 6) is -0.311. The van der Waals surface area contributed by atoms with Crippen molar-refractivity contribution in [2.24, 2.45) is 0 Å². The predicted molar refractivity (Wildman–Crippen MR) is 127 cm³/mol. The van der Waals surface area contributed by atoms with Gasteiger partial charge in [-0.15, -0.1) is 0 Å². The second-order valence-electron chi connectivity index (χ2n) is 8.48. The first kappa shape index (κ1) is 20.3. The summed E-state index contributed by atoms with van der Waals surface area (Å²) in [5, 5.41) is 1.20. The Morgan fingerprint density at radius 1 is 1.03 bits per heavy atom. The molecule has 0 radical (unpaired) electrons. The Kier molecular flexibility index (Phi) is 5.17. The summed E-state index contributed by atoms with van der Waals surface area (Å²) in [7, 11) is 1.41. The molecule has 162 valence electrons. The number of esters is 1. The number of carbonyl (C=O) groups is 1. The molecule has 2 aromatic heterocycles. The lowest BCUT2D eigenvalue weighted by Crippen LogP contribution is -2.30. The van der Waals surface area contributed by atoms with E-state index in [1.807, 2.05) is 36.7 Å². The second-order valence-corrected chi connectivity index (χ2v) is 8.48. The number of hydrogen-bond acceptors (Lipinski definition) is 4. The lowest BCUT2D eigenvalue weighted by atomic mass is 9.99. The van der Waals surface area contributed by atoms with Crippen molar-refractivity contribution < 1.29 is 9.53 Å². The molecule has 4 aromatic rings. The van der Waals surface area contributed by atoms with E-state index in [9.17, 15) is 4.79 Å². The van der Waals surface area contributed by atoms with Crippen LogP contribution >= 0.6 is 0 Å². The van der Waals surface area contributed by atoms with Gasteiger partial charge < -0.3 is 14.2 Å². The Hall–Kier alpha value is -3.60. The third-order valence-corrected chi connectivity index (χ3v) is 6.71. The van der Waals surface area contributed by atoms with E-state index >= 15 is 0 Å². The Bertz CT molecular complexity index is 1300. The quantitative estimate of drug-likeness (QED) is 0.429. The maximum Gasteiger partial charge on any atom is 0.337 e. The molecule has 5 rings (SSSR count). The monoisotopic (exact) mass is 425 g/mol. The normalized spacial score (nSPS) is 13.3. The van der Waals surface area contributed by atoms with Gasteiger partial charge in [-0.2, -0.15) is 0 Å². The van der Waals surface area contributed by atoms with Crippen LogP contribution in [0.5, 0.6) is 0 Å². The summed E-state index contributed by atoms with van der Waals surface area (Å²) in [6, 6.07) is 16.4. The Morgan fingerprint density at radius 2 is 1.78 bits per heavy atom. The molecule has 0 spiro atoms. The van der Waals surface area contributed by atoms with E-state index in [1.54, 1.807) is 0 Å². The molecule has 0 atom stereocenters. The fraction of sp³-hybridized carbons (Fsp3) is 0.259. The van der Waals surface area contributed by atoms with E-state index in [1.165, 1.54) is 46.1 Å². The van der Waals surface area contributed by atoms with E-state index in [-0.39, 0.29) is 5.97 Å². The second kappa shape index (κ2) is 8.15. The van der Waals surface area contributed by atoms with Gasteiger partial charge in [0.05, 0.1) is 30.1 Å². The van der Waals surface area contributed by atoms with Gasteiger partial charge in [-0.1, -0.05) is 36.4 Å². The molecule has 0 unspecified atom stereocenters. The van der Waals surface area contributed by atoms with Crippen molar-refractivity contribution in [2.75, 3.05) is 18.6 Å². The van der Waals surface area contributed by atoms with Crippen molar-refractivity contribution in [1.82, 2.24) is 9.55 Å². The number of nitrogens with zero attached hydrogens (tertiary/aromatic N) is 3. The van der Waals surface area contributed by atoms with Crippen LogP contribution in [0.1, 0.15) is 38.3 Å². The zero-order valence-electron chi connectivity index (χ0n) is 18.8. The minimum atomic E-state index is -0.311. The number of methoxy groups -OCH3 is 1. The number of hydrogen-bond donors (Lipinski definition) is 0. The van der Waals surface area contributed by atoms with Crippen molar-refractivity contribution in [3.05, 3.63) is 94.4 Å². The van der Waals surface area contributed by atoms with Crippen LogP contribution in [0.15, 0.2) is 60.9 Å². The molecular weight excluding hydrogens is 398 g/mol. The zero-order valence-corrected chi connectivity index (χ0v) is 18.8. The van der Waals surface area contributed by atoms with Crippen LogP contribution in [-0.4, -0.2) is 29.2 Å². The lowest BCUT2D eigenvalue weighted by Gasteiger charge is -2.31. The number of ether oxygens (including phenoxy) is 1. The minimum absolute atomic E-state index is 0.311. The molecule has 0 bridgehead atoms. The van der Waals surface area contributed by atoms with E-state index in [0.717, 1.165) is 31.6 Å². The number of rotatable bonds is 4. The SMILES string of the molecule is COC(=O)c1ccc(Cn2c(C)c(C)c3cncc(N4CCc5ccccc5C4)c32)cc1.